The smallest absolute Gasteiger partial charge is 0.294 e. The Labute approximate surface area is 193 Å². The van der Waals surface area contributed by atoms with Gasteiger partial charge in [0.05, 0.1) is 6.04 Å². The summed E-state index contributed by atoms with van der Waals surface area (Å²) in [5.74, 6) is -4.53. The minimum absolute atomic E-state index is 0.0430. The predicted molar refractivity (Wildman–Crippen MR) is 118 cm³/mol. The molecule has 34 heavy (non-hydrogen) atoms. The quantitative estimate of drug-likeness (QED) is 0.515. The van der Waals surface area contributed by atoms with Gasteiger partial charge < -0.3 is 20.3 Å². The van der Waals surface area contributed by atoms with Crippen LogP contribution in [0, 0.1) is 11.6 Å². The van der Waals surface area contributed by atoms with Gasteiger partial charge in [-0.05, 0) is 37.0 Å². The highest BCUT2D eigenvalue weighted by Crippen LogP contribution is 2.32. The molecule has 1 fully saturated rings. The number of benzene rings is 2. The number of nitrogens with one attached hydrogen (secondary N) is 2. The number of aromatic hydroxyl groups is 1. The molecular weight excluding hydrogens is 446 g/mol. The van der Waals surface area contributed by atoms with E-state index in [9.17, 15) is 28.3 Å². The van der Waals surface area contributed by atoms with Gasteiger partial charge in [-0.15, -0.1) is 0 Å². The first-order chi connectivity index (χ1) is 16.4. The number of aromatic nitrogens is 2. The fraction of sp³-hybridized carbons (Fsp3) is 0.250. The highest BCUT2D eigenvalue weighted by molar-refractivity contribution is 5.96. The lowest BCUT2D eigenvalue weighted by atomic mass is 10.1. The molecule has 3 aromatic rings. The standard InChI is InChI=1S/C24H22F2N4O4/c25-15-8-4-9-16(26)18(15)24(34)30-13-5-10-17(30)21-28-19(20(31)23(33)29-21)22(32)27-12-11-14-6-2-1-3-7-14/h1-4,6-9,17,31H,5,10-13H2,(H,27,32)(H,28,29,33)/t17-/m0/s1. The van der Waals surface area contributed by atoms with E-state index in [0.717, 1.165) is 23.8 Å². The Hall–Kier alpha value is -4.08. The summed E-state index contributed by atoms with van der Waals surface area (Å²) in [6, 6.07) is 11.7. The van der Waals surface area contributed by atoms with Gasteiger partial charge in [0.2, 0.25) is 5.75 Å². The molecule has 0 unspecified atom stereocenters. The third-order valence-corrected chi connectivity index (χ3v) is 5.68. The summed E-state index contributed by atoms with van der Waals surface area (Å²) < 4.78 is 28.3. The lowest BCUT2D eigenvalue weighted by molar-refractivity contribution is 0.0719. The molecule has 2 amide bonds. The Bertz CT molecular complexity index is 1260. The summed E-state index contributed by atoms with van der Waals surface area (Å²) in [4.78, 5) is 45.6. The molecule has 0 bridgehead atoms. The fourth-order valence-electron chi connectivity index (χ4n) is 3.99. The highest BCUT2D eigenvalue weighted by atomic mass is 19.1. The summed E-state index contributed by atoms with van der Waals surface area (Å²) in [6.45, 7) is 0.424. The number of rotatable bonds is 6. The number of nitrogens with zero attached hydrogens (tertiary/aromatic N) is 2. The van der Waals surface area contributed by atoms with Crippen molar-refractivity contribution in [1.29, 1.82) is 0 Å². The number of aromatic amines is 1. The second-order valence-corrected chi connectivity index (χ2v) is 7.89. The van der Waals surface area contributed by atoms with Crippen molar-refractivity contribution in [3.05, 3.63) is 93.2 Å². The number of carbonyl (C=O) groups is 2. The molecule has 2 heterocycles. The molecule has 8 nitrogen and oxygen atoms in total. The van der Waals surface area contributed by atoms with Crippen LogP contribution in [0.25, 0.3) is 0 Å². The zero-order chi connectivity index (χ0) is 24.2. The van der Waals surface area contributed by atoms with Crippen molar-refractivity contribution < 1.29 is 23.5 Å². The number of hydrogen-bond acceptors (Lipinski definition) is 5. The molecule has 176 valence electrons. The van der Waals surface area contributed by atoms with E-state index in [1.807, 2.05) is 30.3 Å². The Kier molecular flexibility index (Phi) is 6.67. The maximum atomic E-state index is 14.2. The Morgan fingerprint density at radius 1 is 1.12 bits per heavy atom. The van der Waals surface area contributed by atoms with E-state index in [1.54, 1.807) is 0 Å². The van der Waals surface area contributed by atoms with Gasteiger partial charge in [-0.3, -0.25) is 14.4 Å². The first-order valence-corrected chi connectivity index (χ1v) is 10.8. The minimum Gasteiger partial charge on any atom is -0.501 e. The molecule has 1 aliphatic heterocycles. The number of hydrogen-bond donors (Lipinski definition) is 3. The van der Waals surface area contributed by atoms with Crippen LogP contribution in [0.4, 0.5) is 8.78 Å². The van der Waals surface area contributed by atoms with Crippen LogP contribution < -0.4 is 10.9 Å². The van der Waals surface area contributed by atoms with Crippen molar-refractivity contribution in [2.45, 2.75) is 25.3 Å². The number of halogens is 2. The maximum Gasteiger partial charge on any atom is 0.294 e. The molecule has 0 spiro atoms. The molecule has 1 aromatic heterocycles. The number of likely N-dealkylation sites (tertiary alicyclic amines) is 1. The Balaban J connectivity index is 1.56. The van der Waals surface area contributed by atoms with Gasteiger partial charge in [-0.2, -0.15) is 0 Å². The summed E-state index contributed by atoms with van der Waals surface area (Å²) >= 11 is 0. The number of H-pyrrole nitrogens is 1. The average molecular weight is 468 g/mol. The van der Waals surface area contributed by atoms with Gasteiger partial charge in [0.15, 0.2) is 5.69 Å². The van der Waals surface area contributed by atoms with E-state index in [1.165, 1.54) is 4.90 Å². The zero-order valence-corrected chi connectivity index (χ0v) is 18.1. The van der Waals surface area contributed by atoms with Crippen molar-refractivity contribution in [3.8, 4) is 5.75 Å². The molecule has 3 N–H and O–H groups in total. The van der Waals surface area contributed by atoms with Crippen molar-refractivity contribution in [2.75, 3.05) is 13.1 Å². The third-order valence-electron chi connectivity index (χ3n) is 5.68. The molecule has 1 aliphatic rings. The van der Waals surface area contributed by atoms with Gasteiger partial charge in [-0.1, -0.05) is 36.4 Å². The zero-order valence-electron chi connectivity index (χ0n) is 18.1. The van der Waals surface area contributed by atoms with E-state index in [0.29, 0.717) is 19.3 Å². The monoisotopic (exact) mass is 468 g/mol. The highest BCUT2D eigenvalue weighted by Gasteiger charge is 2.35. The Morgan fingerprint density at radius 3 is 2.53 bits per heavy atom. The van der Waals surface area contributed by atoms with Gasteiger partial charge >= 0.3 is 0 Å². The van der Waals surface area contributed by atoms with E-state index in [4.69, 9.17) is 0 Å². The van der Waals surface area contributed by atoms with E-state index in [-0.39, 0.29) is 18.9 Å². The van der Waals surface area contributed by atoms with Crippen LogP contribution in [0.5, 0.6) is 5.75 Å². The summed E-state index contributed by atoms with van der Waals surface area (Å²) in [5.41, 5.74) is -1.14. The Morgan fingerprint density at radius 2 is 1.82 bits per heavy atom. The lowest BCUT2D eigenvalue weighted by Crippen LogP contribution is -2.35. The largest absolute Gasteiger partial charge is 0.501 e. The minimum atomic E-state index is -0.999. The molecule has 0 radical (unpaired) electrons. The van der Waals surface area contributed by atoms with Gasteiger partial charge in [0.1, 0.15) is 23.0 Å². The predicted octanol–water partition coefficient (Wildman–Crippen LogP) is 2.70. The second-order valence-electron chi connectivity index (χ2n) is 7.89. The second kappa shape index (κ2) is 9.82. The molecule has 1 atom stereocenters. The van der Waals surface area contributed by atoms with Crippen LogP contribution in [0.2, 0.25) is 0 Å². The first-order valence-electron chi connectivity index (χ1n) is 10.8. The molecular formula is C24H22F2N4O4. The molecule has 0 saturated carbocycles. The van der Waals surface area contributed by atoms with E-state index >= 15 is 0 Å². The summed E-state index contributed by atoms with van der Waals surface area (Å²) in [7, 11) is 0. The summed E-state index contributed by atoms with van der Waals surface area (Å²) in [6.07, 6.45) is 1.38. The molecule has 2 aromatic carbocycles. The van der Waals surface area contributed by atoms with Crippen LogP contribution in [-0.4, -0.2) is 44.9 Å². The third kappa shape index (κ3) is 4.66. The van der Waals surface area contributed by atoms with Crippen LogP contribution in [-0.2, 0) is 6.42 Å². The van der Waals surface area contributed by atoms with E-state index < -0.39 is 52.1 Å². The van der Waals surface area contributed by atoms with Crippen LogP contribution in [0.15, 0.2) is 53.3 Å². The van der Waals surface area contributed by atoms with Crippen molar-refractivity contribution in [3.63, 3.8) is 0 Å². The first kappa shape index (κ1) is 23.1. The number of carbonyl (C=O) groups excluding carboxylic acids is 2. The maximum absolute atomic E-state index is 14.2. The van der Waals surface area contributed by atoms with Crippen molar-refractivity contribution >= 4 is 11.8 Å². The van der Waals surface area contributed by atoms with E-state index in [2.05, 4.69) is 15.3 Å². The van der Waals surface area contributed by atoms with Crippen LogP contribution >= 0.6 is 0 Å². The molecule has 10 heteroatoms. The molecule has 4 rings (SSSR count). The fourth-order valence-corrected chi connectivity index (χ4v) is 3.99. The van der Waals surface area contributed by atoms with Gasteiger partial charge in [0, 0.05) is 13.1 Å². The lowest BCUT2D eigenvalue weighted by Gasteiger charge is -2.24. The molecule has 0 aliphatic carbocycles. The normalized spacial score (nSPS) is 15.4. The number of amides is 2. The molecule has 1 saturated heterocycles. The van der Waals surface area contributed by atoms with Crippen LogP contribution in [0.1, 0.15) is 51.1 Å². The summed E-state index contributed by atoms with van der Waals surface area (Å²) in [5, 5.41) is 12.7. The van der Waals surface area contributed by atoms with Crippen molar-refractivity contribution in [1.82, 2.24) is 20.2 Å². The van der Waals surface area contributed by atoms with Gasteiger partial charge in [-0.25, -0.2) is 13.8 Å². The average Bonchev–Trinajstić information content (AvgIpc) is 3.31. The SMILES string of the molecule is O=C(NCCc1ccccc1)c1nc([C@@H]2CCCN2C(=O)c2c(F)cccc2F)[nH]c(=O)c1O. The topological polar surface area (TPSA) is 115 Å². The van der Waals surface area contributed by atoms with Gasteiger partial charge in [0.25, 0.3) is 17.4 Å². The van der Waals surface area contributed by atoms with Crippen LogP contribution in [0.3, 0.4) is 0 Å². The van der Waals surface area contributed by atoms with Crippen molar-refractivity contribution in [2.24, 2.45) is 0 Å².